The van der Waals surface area contributed by atoms with E-state index in [1.807, 2.05) is 0 Å². The van der Waals surface area contributed by atoms with Crippen molar-refractivity contribution in [2.24, 2.45) is 10.9 Å². The number of likely N-dealkylation sites (tertiary alicyclic amines) is 1. The fourth-order valence-corrected chi connectivity index (χ4v) is 3.76. The maximum Gasteiger partial charge on any atom is 0.191 e. The first-order chi connectivity index (χ1) is 10.7. The minimum absolute atomic E-state index is 0. The lowest BCUT2D eigenvalue weighted by atomic mass is 9.88. The molecule has 0 spiro atoms. The van der Waals surface area contributed by atoms with Gasteiger partial charge in [-0.05, 0) is 58.0 Å². The summed E-state index contributed by atoms with van der Waals surface area (Å²) < 4.78 is 5.62. The van der Waals surface area contributed by atoms with Gasteiger partial charge in [0.15, 0.2) is 5.96 Å². The van der Waals surface area contributed by atoms with Crippen LogP contribution in [0.2, 0.25) is 0 Å². The number of guanidine groups is 1. The number of ether oxygens (including phenoxy) is 1. The van der Waals surface area contributed by atoms with Crippen molar-refractivity contribution in [3.8, 4) is 0 Å². The number of nitrogens with one attached hydrogen (secondary N) is 2. The molecule has 0 aromatic carbocycles. The van der Waals surface area contributed by atoms with Crippen molar-refractivity contribution in [3.63, 3.8) is 0 Å². The molecule has 6 heteroatoms. The van der Waals surface area contributed by atoms with E-state index < -0.39 is 0 Å². The molecule has 3 rings (SSSR count). The van der Waals surface area contributed by atoms with E-state index in [0.717, 1.165) is 51.0 Å². The standard InChI is InChI=1S/C17H32N4O.HI/c1-3-18-16(20-15-12-14(15)2)19-13-17(6-10-22-11-7-17)21-8-4-5-9-21;/h14-15H,3-13H2,1-2H3,(H2,18,19,20);1H. The van der Waals surface area contributed by atoms with Crippen LogP contribution in [-0.4, -0.2) is 61.8 Å². The zero-order chi connectivity index (χ0) is 15.4. The molecular formula is C17H33IN4O. The highest BCUT2D eigenvalue weighted by Crippen LogP contribution is 2.32. The number of hydrogen-bond acceptors (Lipinski definition) is 3. The number of rotatable bonds is 5. The van der Waals surface area contributed by atoms with E-state index in [-0.39, 0.29) is 29.5 Å². The Morgan fingerprint density at radius 3 is 2.48 bits per heavy atom. The molecule has 3 aliphatic rings. The first kappa shape index (κ1) is 19.2. The highest BCUT2D eigenvalue weighted by molar-refractivity contribution is 14.0. The van der Waals surface area contributed by atoms with Gasteiger partial charge in [0.2, 0.25) is 0 Å². The van der Waals surface area contributed by atoms with Crippen LogP contribution in [0.3, 0.4) is 0 Å². The lowest BCUT2D eigenvalue weighted by molar-refractivity contribution is -0.0139. The van der Waals surface area contributed by atoms with E-state index in [2.05, 4.69) is 29.4 Å². The lowest BCUT2D eigenvalue weighted by Gasteiger charge is -2.43. The van der Waals surface area contributed by atoms with Gasteiger partial charge in [-0.25, -0.2) is 0 Å². The molecule has 3 fully saturated rings. The average Bonchev–Trinajstić information content (AvgIpc) is 3.02. The second-order valence-electron chi connectivity index (χ2n) is 7.19. The summed E-state index contributed by atoms with van der Waals surface area (Å²) in [4.78, 5) is 7.65. The van der Waals surface area contributed by atoms with Gasteiger partial charge in [0.05, 0.1) is 6.54 Å². The van der Waals surface area contributed by atoms with Crippen LogP contribution in [-0.2, 0) is 4.74 Å². The van der Waals surface area contributed by atoms with E-state index in [1.165, 1.54) is 32.4 Å². The molecule has 1 saturated carbocycles. The molecule has 5 nitrogen and oxygen atoms in total. The number of nitrogens with zero attached hydrogens (tertiary/aromatic N) is 2. The largest absolute Gasteiger partial charge is 0.381 e. The van der Waals surface area contributed by atoms with Crippen LogP contribution in [0.15, 0.2) is 4.99 Å². The molecule has 0 radical (unpaired) electrons. The maximum atomic E-state index is 5.62. The Balaban J connectivity index is 0.00000192. The molecule has 23 heavy (non-hydrogen) atoms. The average molecular weight is 436 g/mol. The lowest BCUT2D eigenvalue weighted by Crippen LogP contribution is -2.54. The summed E-state index contributed by atoms with van der Waals surface area (Å²) in [6.07, 6.45) is 6.19. The van der Waals surface area contributed by atoms with Gasteiger partial charge >= 0.3 is 0 Å². The van der Waals surface area contributed by atoms with Crippen molar-refractivity contribution in [2.75, 3.05) is 39.4 Å². The smallest absolute Gasteiger partial charge is 0.191 e. The molecule has 2 atom stereocenters. The predicted molar refractivity (Wildman–Crippen MR) is 106 cm³/mol. The fourth-order valence-electron chi connectivity index (χ4n) is 3.76. The third kappa shape index (κ3) is 4.95. The highest BCUT2D eigenvalue weighted by atomic mass is 127. The summed E-state index contributed by atoms with van der Waals surface area (Å²) in [5.41, 5.74) is 0.228. The van der Waals surface area contributed by atoms with Gasteiger partial charge in [-0.15, -0.1) is 24.0 Å². The fraction of sp³-hybridized carbons (Fsp3) is 0.941. The summed E-state index contributed by atoms with van der Waals surface area (Å²) in [5.74, 6) is 1.79. The maximum absolute atomic E-state index is 5.62. The molecule has 0 aromatic rings. The molecule has 0 bridgehead atoms. The van der Waals surface area contributed by atoms with Crippen molar-refractivity contribution in [1.82, 2.24) is 15.5 Å². The third-order valence-electron chi connectivity index (χ3n) is 5.51. The molecule has 2 unspecified atom stereocenters. The quantitative estimate of drug-likeness (QED) is 0.394. The highest BCUT2D eigenvalue weighted by Gasteiger charge is 2.40. The molecule has 1 aliphatic carbocycles. The normalized spacial score (nSPS) is 30.6. The first-order valence-electron chi connectivity index (χ1n) is 9.11. The topological polar surface area (TPSA) is 48.9 Å². The molecule has 2 aliphatic heterocycles. The van der Waals surface area contributed by atoms with Gasteiger partial charge in [0.1, 0.15) is 0 Å². The van der Waals surface area contributed by atoms with E-state index in [4.69, 9.17) is 9.73 Å². The van der Waals surface area contributed by atoms with Gasteiger partial charge in [-0.3, -0.25) is 9.89 Å². The Hall–Kier alpha value is -0.0800. The Labute approximate surface area is 158 Å². The SMILES string of the molecule is CCNC(=NCC1(N2CCCC2)CCOCC1)NC1CC1C.I. The number of halogens is 1. The second kappa shape index (κ2) is 8.85. The molecular weight excluding hydrogens is 403 g/mol. The van der Waals surface area contributed by atoms with Crippen LogP contribution >= 0.6 is 24.0 Å². The van der Waals surface area contributed by atoms with E-state index in [1.54, 1.807) is 0 Å². The second-order valence-corrected chi connectivity index (χ2v) is 7.19. The van der Waals surface area contributed by atoms with Crippen molar-refractivity contribution in [2.45, 2.75) is 57.5 Å². The van der Waals surface area contributed by atoms with Gasteiger partial charge in [0, 0.05) is 31.3 Å². The first-order valence-corrected chi connectivity index (χ1v) is 9.11. The van der Waals surface area contributed by atoms with Crippen LogP contribution in [0.1, 0.15) is 46.0 Å². The molecule has 2 heterocycles. The zero-order valence-electron chi connectivity index (χ0n) is 14.6. The number of hydrogen-bond donors (Lipinski definition) is 2. The molecule has 134 valence electrons. The Morgan fingerprint density at radius 2 is 1.91 bits per heavy atom. The van der Waals surface area contributed by atoms with Crippen LogP contribution in [0.5, 0.6) is 0 Å². The van der Waals surface area contributed by atoms with E-state index in [9.17, 15) is 0 Å². The minimum atomic E-state index is 0. The number of aliphatic imine (C=N–C) groups is 1. The van der Waals surface area contributed by atoms with Crippen molar-refractivity contribution in [1.29, 1.82) is 0 Å². The zero-order valence-corrected chi connectivity index (χ0v) is 17.0. The van der Waals surface area contributed by atoms with Gasteiger partial charge in [0.25, 0.3) is 0 Å². The molecule has 0 amide bonds. The summed E-state index contributed by atoms with van der Waals surface area (Å²) in [6.45, 7) is 10.5. The van der Waals surface area contributed by atoms with Crippen LogP contribution in [0.25, 0.3) is 0 Å². The van der Waals surface area contributed by atoms with Gasteiger partial charge < -0.3 is 15.4 Å². The van der Waals surface area contributed by atoms with E-state index >= 15 is 0 Å². The van der Waals surface area contributed by atoms with Crippen LogP contribution < -0.4 is 10.6 Å². The summed E-state index contributed by atoms with van der Waals surface area (Å²) in [5, 5.41) is 6.99. The van der Waals surface area contributed by atoms with Crippen LogP contribution in [0, 0.1) is 5.92 Å². The Kier molecular flexibility index (Phi) is 7.41. The Bertz CT molecular complexity index is 392. The predicted octanol–water partition coefficient (Wildman–Crippen LogP) is 2.21. The molecule has 2 N–H and O–H groups in total. The molecule has 2 saturated heterocycles. The summed E-state index contributed by atoms with van der Waals surface area (Å²) in [6, 6.07) is 0.621. The minimum Gasteiger partial charge on any atom is -0.381 e. The summed E-state index contributed by atoms with van der Waals surface area (Å²) >= 11 is 0. The molecule has 0 aromatic heterocycles. The third-order valence-corrected chi connectivity index (χ3v) is 5.51. The van der Waals surface area contributed by atoms with Gasteiger partial charge in [-0.2, -0.15) is 0 Å². The monoisotopic (exact) mass is 436 g/mol. The van der Waals surface area contributed by atoms with Crippen molar-refractivity contribution < 1.29 is 4.74 Å². The van der Waals surface area contributed by atoms with Gasteiger partial charge in [-0.1, -0.05) is 6.92 Å². The van der Waals surface area contributed by atoms with Crippen molar-refractivity contribution >= 4 is 29.9 Å². The van der Waals surface area contributed by atoms with E-state index in [0.29, 0.717) is 6.04 Å². The Morgan fingerprint density at radius 1 is 1.26 bits per heavy atom. The van der Waals surface area contributed by atoms with Crippen LogP contribution in [0.4, 0.5) is 0 Å². The summed E-state index contributed by atoms with van der Waals surface area (Å²) in [7, 11) is 0. The van der Waals surface area contributed by atoms with Crippen molar-refractivity contribution in [3.05, 3.63) is 0 Å².